The molecule has 0 saturated carbocycles. The Morgan fingerprint density at radius 2 is 0.575 bits per heavy atom. The first-order chi connectivity index (χ1) is 55.9. The van der Waals surface area contributed by atoms with Crippen molar-refractivity contribution in [2.75, 3.05) is 9.80 Å². The summed E-state index contributed by atoms with van der Waals surface area (Å²) in [4.78, 5) is 9.92. The summed E-state index contributed by atoms with van der Waals surface area (Å²) in [6.07, 6.45) is 0. The van der Waals surface area contributed by atoms with Gasteiger partial charge in [0.1, 0.15) is 11.2 Å². The maximum Gasteiger partial charge on any atom is 0.171 e. The van der Waals surface area contributed by atoms with E-state index in [1.54, 1.807) is 0 Å². The van der Waals surface area contributed by atoms with Crippen LogP contribution in [-0.2, 0) is 15.4 Å². The van der Waals surface area contributed by atoms with Crippen LogP contribution < -0.4 is 25.7 Å². The van der Waals surface area contributed by atoms with Crippen LogP contribution in [-0.4, -0.2) is 9.13 Å². The topological polar surface area (TPSA) is 46.6 Å². The predicted octanol–water partition coefficient (Wildman–Crippen LogP) is 26.4. The quantitative estimate of drug-likeness (QED) is 0.148. The van der Waals surface area contributed by atoms with E-state index in [0.717, 1.165) is 71.6 Å². The van der Waals surface area contributed by atoms with E-state index in [0.29, 0.717) is 0 Å². The molecular weight excluding hydrogens is 1430 g/mol. The van der Waals surface area contributed by atoms with Crippen LogP contribution in [0.15, 0.2) is 430 Å². The lowest BCUT2D eigenvalue weighted by Crippen LogP contribution is -2.39. The number of fused-ring (bicyclic) bond motifs is 25. The number of nitrogens with zero attached hydrogens (tertiary/aromatic N) is 4. The van der Waals surface area contributed by atoms with Crippen molar-refractivity contribution < 1.29 is 8.98 Å². The third-order valence-corrected chi connectivity index (χ3v) is 29.3. The lowest BCUT2D eigenvalue weighted by molar-refractivity contribution is 0.592. The van der Waals surface area contributed by atoms with Gasteiger partial charge >= 0.3 is 0 Å². The van der Waals surface area contributed by atoms with Gasteiger partial charge in [-0.25, -0.2) is 0 Å². The molecule has 4 aliphatic rings. The van der Waals surface area contributed by atoms with Crippen LogP contribution in [0.3, 0.4) is 0 Å². The molecular formula is C104H67N4O2PS2. The first-order valence-electron chi connectivity index (χ1n) is 38.5. The van der Waals surface area contributed by atoms with E-state index in [4.69, 9.17) is 4.42 Å². The highest BCUT2D eigenvalue weighted by Gasteiger charge is 2.53. The molecule has 0 fully saturated rings. The molecule has 7 heterocycles. The summed E-state index contributed by atoms with van der Waals surface area (Å²) in [5.41, 5.74) is 24.9. The fourth-order valence-electron chi connectivity index (χ4n) is 19.3. The Bertz CT molecular complexity index is 7180. The molecule has 0 amide bonds. The summed E-state index contributed by atoms with van der Waals surface area (Å²) in [7, 11) is -3.13. The summed E-state index contributed by atoms with van der Waals surface area (Å²) >= 11 is 3.75. The van der Waals surface area contributed by atoms with E-state index in [2.05, 4.69) is 353 Å². The zero-order valence-corrected chi connectivity index (χ0v) is 63.6. The number of hydrogen-bond donors (Lipinski definition) is 0. The number of aromatic nitrogens is 2. The van der Waals surface area contributed by atoms with Crippen LogP contribution in [0.1, 0.15) is 44.5 Å². The minimum absolute atomic E-state index is 0.540. The molecule has 0 bridgehead atoms. The minimum Gasteiger partial charge on any atom is -0.456 e. The number of furan rings is 1. The smallest absolute Gasteiger partial charge is 0.171 e. The van der Waals surface area contributed by atoms with Gasteiger partial charge in [-0.05, 0) is 190 Å². The Balaban J connectivity index is 0.000000135. The zero-order chi connectivity index (χ0) is 74.5. The molecule has 2 spiro atoms. The van der Waals surface area contributed by atoms with E-state index in [-0.39, 0.29) is 0 Å². The lowest BCUT2D eigenvalue weighted by atomic mass is 9.62. The first kappa shape index (κ1) is 65.5. The molecule has 113 heavy (non-hydrogen) atoms. The van der Waals surface area contributed by atoms with Gasteiger partial charge in [0.2, 0.25) is 0 Å². The molecule has 24 rings (SSSR count). The predicted molar refractivity (Wildman–Crippen MR) is 470 cm³/mol. The Hall–Kier alpha value is -13.3. The minimum atomic E-state index is -3.13. The summed E-state index contributed by atoms with van der Waals surface area (Å²) in [6, 6.07) is 146. The SMILES string of the molecule is O=P(c1ccccc1)(c1ccccc1)c1ccc(-n2c3ccccc3c3cc4c(cc32)Sc2ccccc2C42c3ccccc3N(c3ccccc3)c3ccccc32)cc1.c1ccc(N2c3ccccc3C3(c4ccccc4Sc4cc5c(cc43)c3ccccc3n5-c3ccc4oc5ccccc5c4c3)c3ccccc32)cc1. The van der Waals surface area contributed by atoms with Crippen LogP contribution in [0.5, 0.6) is 0 Å². The molecule has 0 atom stereocenters. The second-order valence-electron chi connectivity index (χ2n) is 29.6. The zero-order valence-electron chi connectivity index (χ0n) is 61.1. The molecule has 0 unspecified atom stereocenters. The van der Waals surface area contributed by atoms with E-state index in [1.807, 2.05) is 96.3 Å². The molecule has 6 nitrogen and oxygen atoms in total. The monoisotopic (exact) mass is 1500 g/mol. The Morgan fingerprint density at radius 1 is 0.230 bits per heavy atom. The van der Waals surface area contributed by atoms with Crippen molar-refractivity contribution in [2.24, 2.45) is 0 Å². The molecule has 3 aromatic heterocycles. The summed E-state index contributed by atoms with van der Waals surface area (Å²) < 4.78 is 26.4. The van der Waals surface area contributed by atoms with E-state index >= 15 is 4.57 Å². The van der Waals surface area contributed by atoms with Crippen LogP contribution in [0.2, 0.25) is 0 Å². The molecule has 17 aromatic carbocycles. The van der Waals surface area contributed by atoms with E-state index in [1.165, 1.54) is 119 Å². The molecule has 4 aliphatic heterocycles. The number of para-hydroxylation sites is 9. The lowest BCUT2D eigenvalue weighted by Gasteiger charge is -2.49. The maximum absolute atomic E-state index is 15.3. The average molecular weight is 1500 g/mol. The second kappa shape index (κ2) is 25.6. The van der Waals surface area contributed by atoms with Crippen molar-refractivity contribution in [1.29, 1.82) is 0 Å². The first-order valence-corrected chi connectivity index (χ1v) is 41.8. The molecule has 0 saturated heterocycles. The van der Waals surface area contributed by atoms with Crippen LogP contribution >= 0.6 is 30.7 Å². The van der Waals surface area contributed by atoms with Crippen molar-refractivity contribution in [3.05, 3.63) is 451 Å². The summed E-state index contributed by atoms with van der Waals surface area (Å²) in [5, 5.41) is 9.62. The highest BCUT2D eigenvalue weighted by atomic mass is 32.2. The number of benzene rings is 17. The molecule has 9 heteroatoms. The van der Waals surface area contributed by atoms with Gasteiger partial charge in [-0.2, -0.15) is 0 Å². The van der Waals surface area contributed by atoms with Gasteiger partial charge in [-0.3, -0.25) is 0 Å². The van der Waals surface area contributed by atoms with Crippen LogP contribution in [0.25, 0.3) is 76.9 Å². The van der Waals surface area contributed by atoms with Gasteiger partial charge < -0.3 is 27.9 Å². The number of hydrogen-bond acceptors (Lipinski definition) is 6. The molecule has 0 radical (unpaired) electrons. The van der Waals surface area contributed by atoms with Gasteiger partial charge in [0, 0.05) is 90.6 Å². The standard InChI is InChI=1S/C55H37N2OPS.C49H30N2OS/c58-59(40-20-6-2-7-21-40,41-22-8-3-9-23-41)42-34-32-39(33-35-42)56-49-28-14-10-24-43(49)44-36-48-54(37-52(44)56)60-53-31-17-13-27-47(53)55(48)45-25-11-15-29-50(45)57(38-18-4-1-5-19-38)51-30-16-12-26-46(51)55;1-2-14-31(15-3-1)50-42-22-10-6-18-37(42)49(38-19-7-11-23-43(38)50)39-20-8-13-25-47(39)53-48-30-44-35(29-40(48)49)33-16-4-9-21-41(33)51(44)32-26-27-46-36(28-32)34-17-5-12-24-45(34)52-46/h1-37H;1-30H. The molecule has 20 aromatic rings. The van der Waals surface area contributed by atoms with Crippen molar-refractivity contribution in [3.63, 3.8) is 0 Å². The van der Waals surface area contributed by atoms with Crippen molar-refractivity contribution >= 4 is 146 Å². The fourth-order valence-corrected chi connectivity index (χ4v) is 24.4. The van der Waals surface area contributed by atoms with Gasteiger partial charge in [0.05, 0.1) is 55.6 Å². The van der Waals surface area contributed by atoms with Crippen LogP contribution in [0.4, 0.5) is 34.1 Å². The fraction of sp³-hybridized carbons (Fsp3) is 0.0192. The number of rotatable bonds is 7. The normalized spacial score (nSPS) is 13.9. The summed E-state index contributed by atoms with van der Waals surface area (Å²) in [6.45, 7) is 0. The molecule has 532 valence electrons. The van der Waals surface area contributed by atoms with E-state index < -0.39 is 18.0 Å². The molecule has 0 N–H and O–H groups in total. The highest BCUT2D eigenvalue weighted by molar-refractivity contribution is 7.99. The van der Waals surface area contributed by atoms with Gasteiger partial charge in [0.15, 0.2) is 7.14 Å². The Kier molecular flexibility index (Phi) is 14.9. The highest BCUT2D eigenvalue weighted by Crippen LogP contribution is 2.66. The molecule has 0 aliphatic carbocycles. The summed E-state index contributed by atoms with van der Waals surface area (Å²) in [5.74, 6) is 0. The third-order valence-electron chi connectivity index (χ3n) is 23.9. The van der Waals surface area contributed by atoms with Gasteiger partial charge in [-0.15, -0.1) is 0 Å². The second-order valence-corrected chi connectivity index (χ2v) is 34.6. The Morgan fingerprint density at radius 3 is 1.04 bits per heavy atom. The third kappa shape index (κ3) is 9.55. The van der Waals surface area contributed by atoms with Gasteiger partial charge in [0.25, 0.3) is 0 Å². The van der Waals surface area contributed by atoms with Crippen molar-refractivity contribution in [3.8, 4) is 11.4 Å². The van der Waals surface area contributed by atoms with E-state index in [9.17, 15) is 0 Å². The average Bonchev–Trinajstić information content (AvgIpc) is 1.51. The van der Waals surface area contributed by atoms with Crippen molar-refractivity contribution in [2.45, 2.75) is 30.4 Å². The Labute approximate surface area is 662 Å². The number of anilines is 6. The van der Waals surface area contributed by atoms with Crippen LogP contribution in [0, 0.1) is 0 Å². The van der Waals surface area contributed by atoms with Gasteiger partial charge in [-0.1, -0.05) is 284 Å². The largest absolute Gasteiger partial charge is 0.456 e. The maximum atomic E-state index is 15.3. The van der Waals surface area contributed by atoms with Crippen molar-refractivity contribution in [1.82, 2.24) is 9.13 Å².